The van der Waals surface area contributed by atoms with E-state index in [1.807, 2.05) is 13.8 Å². The number of aromatic hydroxyl groups is 1. The Balaban J connectivity index is 2.57. The van der Waals surface area contributed by atoms with E-state index >= 15 is 0 Å². The number of para-hydroxylation sites is 2. The molecule has 2 unspecified atom stereocenters. The SMILES string of the molecule is C#CN(C(=O)C(CC(C)C)NC(=O)OC(C)(C)C)C(C(=O)Nc1c(C)cccc1Cl)c1cccc(C)c1O. The smallest absolute Gasteiger partial charge is 0.408 e. The highest BCUT2D eigenvalue weighted by Gasteiger charge is 2.38. The van der Waals surface area contributed by atoms with Crippen LogP contribution in [0.4, 0.5) is 10.5 Å². The number of carbonyl (C=O) groups is 3. The number of amides is 3. The molecule has 2 atom stereocenters. The number of alkyl carbamates (subject to hydrolysis) is 1. The molecule has 0 aliphatic rings. The number of terminal acetylenes is 1. The summed E-state index contributed by atoms with van der Waals surface area (Å²) in [7, 11) is 0. The van der Waals surface area contributed by atoms with Crippen LogP contribution in [0.5, 0.6) is 5.75 Å². The van der Waals surface area contributed by atoms with Crippen molar-refractivity contribution in [1.82, 2.24) is 10.2 Å². The summed E-state index contributed by atoms with van der Waals surface area (Å²) in [5.41, 5.74) is 0.875. The zero-order chi connectivity index (χ0) is 28.8. The lowest BCUT2D eigenvalue weighted by Crippen LogP contribution is -2.51. The summed E-state index contributed by atoms with van der Waals surface area (Å²) in [5, 5.41) is 16.5. The second-order valence-corrected chi connectivity index (χ2v) is 10.9. The second kappa shape index (κ2) is 12.7. The standard InChI is InChI=1S/C29H36ClN3O5/c1-9-33(27(36)22(16-17(2)3)31-28(37)38-29(6,7)8)24(20-14-10-13-19(5)25(20)34)26(35)32-23-18(4)12-11-15-21(23)30/h1,10-15,17,22,24,34H,16H2,2-8H3,(H,31,37)(H,32,35). The number of anilines is 1. The van der Waals surface area contributed by atoms with Gasteiger partial charge < -0.3 is 20.5 Å². The number of rotatable bonds is 8. The quantitative estimate of drug-likeness (QED) is 0.293. The minimum atomic E-state index is -1.43. The number of aryl methyl sites for hydroxylation is 2. The number of halogens is 1. The Morgan fingerprint density at radius 1 is 1.11 bits per heavy atom. The van der Waals surface area contributed by atoms with Gasteiger partial charge in [0.05, 0.1) is 10.7 Å². The maximum absolute atomic E-state index is 13.8. The van der Waals surface area contributed by atoms with Crippen LogP contribution in [0, 0.1) is 32.2 Å². The van der Waals surface area contributed by atoms with E-state index in [4.69, 9.17) is 22.8 Å². The Bertz CT molecular complexity index is 1210. The van der Waals surface area contributed by atoms with E-state index in [0.29, 0.717) is 21.8 Å². The first-order chi connectivity index (χ1) is 17.7. The zero-order valence-electron chi connectivity index (χ0n) is 22.9. The molecule has 2 aromatic rings. The van der Waals surface area contributed by atoms with E-state index in [1.165, 1.54) is 6.07 Å². The summed E-state index contributed by atoms with van der Waals surface area (Å²) in [6.45, 7) is 12.3. The molecule has 0 saturated heterocycles. The number of phenolic OH excluding ortho intramolecular Hbond substituents is 1. The Labute approximate surface area is 229 Å². The third-order valence-corrected chi connectivity index (χ3v) is 5.93. The first-order valence-corrected chi connectivity index (χ1v) is 12.7. The highest BCUT2D eigenvalue weighted by Crippen LogP contribution is 2.34. The lowest BCUT2D eigenvalue weighted by atomic mass is 9.97. The van der Waals surface area contributed by atoms with Crippen molar-refractivity contribution in [2.75, 3.05) is 5.32 Å². The van der Waals surface area contributed by atoms with Gasteiger partial charge in [0.1, 0.15) is 17.4 Å². The average Bonchev–Trinajstić information content (AvgIpc) is 2.79. The summed E-state index contributed by atoms with van der Waals surface area (Å²) in [4.78, 5) is 41.1. The molecular formula is C29H36ClN3O5. The van der Waals surface area contributed by atoms with Gasteiger partial charge >= 0.3 is 6.09 Å². The van der Waals surface area contributed by atoms with Gasteiger partial charge in [0, 0.05) is 11.6 Å². The first-order valence-electron chi connectivity index (χ1n) is 12.3. The van der Waals surface area contributed by atoms with Crippen LogP contribution in [-0.4, -0.2) is 39.6 Å². The van der Waals surface area contributed by atoms with Crippen LogP contribution < -0.4 is 10.6 Å². The number of hydrogen-bond acceptors (Lipinski definition) is 5. The molecule has 3 N–H and O–H groups in total. The summed E-state index contributed by atoms with van der Waals surface area (Å²) in [5.74, 6) is -1.58. The fraction of sp³-hybridized carbons (Fsp3) is 0.414. The Morgan fingerprint density at radius 3 is 2.26 bits per heavy atom. The highest BCUT2D eigenvalue weighted by molar-refractivity contribution is 6.34. The molecule has 3 amide bonds. The maximum atomic E-state index is 13.8. The number of nitrogens with one attached hydrogen (secondary N) is 2. The molecule has 0 radical (unpaired) electrons. The molecule has 0 heterocycles. The zero-order valence-corrected chi connectivity index (χ0v) is 23.6. The van der Waals surface area contributed by atoms with Gasteiger partial charge in [-0.05, 0) is 64.2 Å². The van der Waals surface area contributed by atoms with E-state index < -0.39 is 35.6 Å². The molecule has 0 aliphatic carbocycles. The number of benzene rings is 2. The third kappa shape index (κ3) is 7.90. The van der Waals surface area contributed by atoms with Crippen molar-refractivity contribution >= 4 is 35.2 Å². The van der Waals surface area contributed by atoms with E-state index in [0.717, 1.165) is 4.90 Å². The van der Waals surface area contributed by atoms with Crippen LogP contribution in [0.3, 0.4) is 0 Å². The largest absolute Gasteiger partial charge is 0.507 e. The van der Waals surface area contributed by atoms with Crippen molar-refractivity contribution < 1.29 is 24.2 Å². The van der Waals surface area contributed by atoms with Crippen LogP contribution >= 0.6 is 11.6 Å². The van der Waals surface area contributed by atoms with Gasteiger partial charge in [-0.2, -0.15) is 0 Å². The van der Waals surface area contributed by atoms with E-state index in [9.17, 15) is 19.5 Å². The monoisotopic (exact) mass is 541 g/mol. The van der Waals surface area contributed by atoms with Gasteiger partial charge in [0.25, 0.3) is 11.8 Å². The average molecular weight is 542 g/mol. The fourth-order valence-electron chi connectivity index (χ4n) is 3.86. The van der Waals surface area contributed by atoms with Crippen molar-refractivity contribution in [3.63, 3.8) is 0 Å². The lowest BCUT2D eigenvalue weighted by Gasteiger charge is -2.31. The molecule has 9 heteroatoms. The van der Waals surface area contributed by atoms with Gasteiger partial charge in [-0.3, -0.25) is 14.5 Å². The number of phenols is 1. The van der Waals surface area contributed by atoms with Crippen molar-refractivity contribution in [3.8, 4) is 18.2 Å². The molecule has 0 saturated carbocycles. The van der Waals surface area contributed by atoms with Crippen LogP contribution in [-0.2, 0) is 14.3 Å². The molecule has 0 bridgehead atoms. The van der Waals surface area contributed by atoms with Gasteiger partial charge in [0.15, 0.2) is 6.04 Å². The predicted octanol–water partition coefficient (Wildman–Crippen LogP) is 5.70. The number of carbonyl (C=O) groups excluding carboxylic acids is 3. The molecule has 2 rings (SSSR count). The summed E-state index contributed by atoms with van der Waals surface area (Å²) in [6, 6.07) is 9.75. The number of ether oxygens (including phenoxy) is 1. The van der Waals surface area contributed by atoms with Crippen molar-refractivity contribution in [1.29, 1.82) is 0 Å². The van der Waals surface area contributed by atoms with Crippen molar-refractivity contribution in [2.24, 2.45) is 5.92 Å². The van der Waals surface area contributed by atoms with Gasteiger partial charge in [-0.25, -0.2) is 4.79 Å². The minimum absolute atomic E-state index is 0.0102. The Kier molecular flexibility index (Phi) is 10.2. The van der Waals surface area contributed by atoms with Crippen molar-refractivity contribution in [3.05, 3.63) is 58.1 Å². The summed E-state index contributed by atoms with van der Waals surface area (Å²) in [6.07, 6.45) is 5.25. The lowest BCUT2D eigenvalue weighted by molar-refractivity contribution is -0.137. The fourth-order valence-corrected chi connectivity index (χ4v) is 4.13. The molecule has 0 spiro atoms. The maximum Gasteiger partial charge on any atom is 0.408 e. The molecule has 204 valence electrons. The predicted molar refractivity (Wildman–Crippen MR) is 149 cm³/mol. The van der Waals surface area contributed by atoms with Gasteiger partial charge in [-0.15, -0.1) is 0 Å². The normalized spacial score (nSPS) is 12.7. The Hall–Kier alpha value is -3.70. The van der Waals surface area contributed by atoms with E-state index in [2.05, 4.69) is 16.7 Å². The van der Waals surface area contributed by atoms with E-state index in [1.54, 1.807) is 65.0 Å². The van der Waals surface area contributed by atoms with Crippen LogP contribution in [0.1, 0.15) is 63.8 Å². The second-order valence-electron chi connectivity index (χ2n) is 10.5. The molecular weight excluding hydrogens is 506 g/mol. The summed E-state index contributed by atoms with van der Waals surface area (Å²) >= 11 is 6.33. The number of nitrogens with zero attached hydrogens (tertiary/aromatic N) is 1. The Morgan fingerprint density at radius 2 is 1.71 bits per heavy atom. The molecule has 0 fully saturated rings. The summed E-state index contributed by atoms with van der Waals surface area (Å²) < 4.78 is 5.34. The number of hydrogen-bond donors (Lipinski definition) is 3. The van der Waals surface area contributed by atoms with Gasteiger partial charge in [-0.1, -0.05) is 62.2 Å². The van der Waals surface area contributed by atoms with Crippen LogP contribution in [0.25, 0.3) is 0 Å². The molecule has 38 heavy (non-hydrogen) atoms. The minimum Gasteiger partial charge on any atom is -0.507 e. The topological polar surface area (TPSA) is 108 Å². The molecule has 2 aromatic carbocycles. The molecule has 0 aliphatic heterocycles. The van der Waals surface area contributed by atoms with Gasteiger partial charge in [0.2, 0.25) is 0 Å². The van der Waals surface area contributed by atoms with E-state index in [-0.39, 0.29) is 23.7 Å². The van der Waals surface area contributed by atoms with Crippen molar-refractivity contribution in [2.45, 2.75) is 72.6 Å². The van der Waals surface area contributed by atoms with Crippen LogP contribution in [0.2, 0.25) is 5.02 Å². The highest BCUT2D eigenvalue weighted by atomic mass is 35.5. The third-order valence-electron chi connectivity index (χ3n) is 5.61. The first kappa shape index (κ1) is 30.5. The molecule has 8 nitrogen and oxygen atoms in total. The van der Waals surface area contributed by atoms with Crippen LogP contribution in [0.15, 0.2) is 36.4 Å². The molecule has 0 aromatic heterocycles.